The molecule has 1 saturated carbocycles. The van der Waals surface area contributed by atoms with Gasteiger partial charge in [0.25, 0.3) is 0 Å². The molecule has 112 valence electrons. The molecule has 4 nitrogen and oxygen atoms in total. The number of anilines is 1. The number of aryl methyl sites for hydroxylation is 1. The van der Waals surface area contributed by atoms with Crippen LogP contribution < -0.4 is 10.5 Å². The van der Waals surface area contributed by atoms with Gasteiger partial charge in [0.1, 0.15) is 0 Å². The van der Waals surface area contributed by atoms with E-state index in [1.165, 1.54) is 25.3 Å². The van der Waals surface area contributed by atoms with E-state index in [-0.39, 0.29) is 10.6 Å². The second-order valence-electron chi connectivity index (χ2n) is 5.50. The first-order valence-electron chi connectivity index (χ1n) is 6.95. The van der Waals surface area contributed by atoms with Crippen LogP contribution in [0.15, 0.2) is 17.0 Å². The summed E-state index contributed by atoms with van der Waals surface area (Å²) >= 11 is 5.89. The summed E-state index contributed by atoms with van der Waals surface area (Å²) in [6.45, 7) is 2.23. The fourth-order valence-corrected chi connectivity index (χ4v) is 4.25. The first kappa shape index (κ1) is 15.6. The van der Waals surface area contributed by atoms with Gasteiger partial charge in [-0.2, -0.15) is 0 Å². The predicted molar refractivity (Wildman–Crippen MR) is 82.4 cm³/mol. The average Bonchev–Trinajstić information content (AvgIpc) is 2.42. The molecule has 0 amide bonds. The highest BCUT2D eigenvalue weighted by Gasteiger charge is 2.21. The van der Waals surface area contributed by atoms with Crippen LogP contribution in [-0.4, -0.2) is 15.0 Å². The maximum Gasteiger partial charge on any atom is 0.240 e. The summed E-state index contributed by atoms with van der Waals surface area (Å²) < 4.78 is 27.4. The number of hydrogen-bond donors (Lipinski definition) is 2. The molecule has 6 heteroatoms. The molecular weight excluding hydrogens is 296 g/mol. The highest BCUT2D eigenvalue weighted by Crippen LogP contribution is 2.27. The summed E-state index contributed by atoms with van der Waals surface area (Å²) in [5.74, 6) is 0.448. The number of nitrogen functional groups attached to an aromatic ring is 1. The predicted octanol–water partition coefficient (Wildman–Crippen LogP) is 3.09. The Morgan fingerprint density at radius 3 is 2.60 bits per heavy atom. The molecule has 1 aromatic rings. The van der Waals surface area contributed by atoms with Crippen molar-refractivity contribution in [3.8, 4) is 0 Å². The third kappa shape index (κ3) is 3.65. The van der Waals surface area contributed by atoms with Gasteiger partial charge in [-0.25, -0.2) is 13.1 Å². The van der Waals surface area contributed by atoms with Gasteiger partial charge in [-0.1, -0.05) is 30.9 Å². The van der Waals surface area contributed by atoms with Crippen LogP contribution in [0.25, 0.3) is 0 Å². The molecule has 0 heterocycles. The van der Waals surface area contributed by atoms with Gasteiger partial charge in [-0.05, 0) is 43.4 Å². The average molecular weight is 317 g/mol. The Morgan fingerprint density at radius 1 is 1.30 bits per heavy atom. The Kier molecular flexibility index (Phi) is 4.94. The third-order valence-electron chi connectivity index (χ3n) is 3.87. The van der Waals surface area contributed by atoms with Gasteiger partial charge < -0.3 is 5.73 Å². The van der Waals surface area contributed by atoms with Crippen LogP contribution in [0, 0.1) is 12.8 Å². The van der Waals surface area contributed by atoms with Crippen molar-refractivity contribution in [3.05, 3.63) is 22.7 Å². The van der Waals surface area contributed by atoms with E-state index >= 15 is 0 Å². The molecule has 0 saturated heterocycles. The number of nitrogens with one attached hydrogen (secondary N) is 1. The highest BCUT2D eigenvalue weighted by atomic mass is 35.5. The number of rotatable bonds is 4. The van der Waals surface area contributed by atoms with E-state index in [0.29, 0.717) is 23.0 Å². The molecule has 0 spiro atoms. The largest absolute Gasteiger partial charge is 0.397 e. The van der Waals surface area contributed by atoms with Gasteiger partial charge >= 0.3 is 0 Å². The normalized spacial score (nSPS) is 17.3. The molecule has 1 aromatic carbocycles. The van der Waals surface area contributed by atoms with E-state index in [2.05, 4.69) is 4.72 Å². The van der Waals surface area contributed by atoms with Gasteiger partial charge in [0, 0.05) is 6.54 Å². The van der Waals surface area contributed by atoms with Gasteiger partial charge in [0.05, 0.1) is 15.6 Å². The van der Waals surface area contributed by atoms with Crippen molar-refractivity contribution in [2.75, 3.05) is 12.3 Å². The van der Waals surface area contributed by atoms with E-state index in [9.17, 15) is 8.42 Å². The minimum Gasteiger partial charge on any atom is -0.397 e. The van der Waals surface area contributed by atoms with E-state index < -0.39 is 10.0 Å². The van der Waals surface area contributed by atoms with Crippen molar-refractivity contribution in [2.24, 2.45) is 5.92 Å². The number of nitrogens with two attached hydrogens (primary N) is 1. The van der Waals surface area contributed by atoms with E-state index in [0.717, 1.165) is 12.8 Å². The minimum atomic E-state index is -3.52. The van der Waals surface area contributed by atoms with Crippen LogP contribution in [0.2, 0.25) is 5.02 Å². The van der Waals surface area contributed by atoms with Crippen molar-refractivity contribution in [1.29, 1.82) is 0 Å². The molecule has 0 bridgehead atoms. The van der Waals surface area contributed by atoms with Crippen LogP contribution in [0.4, 0.5) is 5.69 Å². The first-order chi connectivity index (χ1) is 9.40. The second kappa shape index (κ2) is 6.33. The zero-order valence-electron chi connectivity index (χ0n) is 11.7. The summed E-state index contributed by atoms with van der Waals surface area (Å²) in [5, 5.41) is 0.383. The number of halogens is 1. The van der Waals surface area contributed by atoms with Gasteiger partial charge in [-0.3, -0.25) is 0 Å². The lowest BCUT2D eigenvalue weighted by Crippen LogP contribution is -2.30. The van der Waals surface area contributed by atoms with Crippen LogP contribution in [-0.2, 0) is 10.0 Å². The highest BCUT2D eigenvalue weighted by molar-refractivity contribution is 7.89. The van der Waals surface area contributed by atoms with Gasteiger partial charge in [0.2, 0.25) is 10.0 Å². The lowest BCUT2D eigenvalue weighted by Gasteiger charge is -2.22. The second-order valence-corrected chi connectivity index (χ2v) is 7.64. The van der Waals surface area contributed by atoms with Crippen LogP contribution >= 0.6 is 11.6 Å². The maximum absolute atomic E-state index is 12.3. The summed E-state index contributed by atoms with van der Waals surface area (Å²) in [6.07, 6.45) is 5.85. The quantitative estimate of drug-likeness (QED) is 0.838. The molecule has 2 rings (SSSR count). The minimum absolute atomic E-state index is 0.218. The number of hydrogen-bond acceptors (Lipinski definition) is 3. The summed E-state index contributed by atoms with van der Waals surface area (Å²) in [6, 6.07) is 3.02. The maximum atomic E-state index is 12.3. The first-order valence-corrected chi connectivity index (χ1v) is 8.81. The summed E-state index contributed by atoms with van der Waals surface area (Å²) in [7, 11) is -3.52. The molecule has 0 aromatic heterocycles. The zero-order chi connectivity index (χ0) is 14.8. The van der Waals surface area contributed by atoms with Crippen molar-refractivity contribution < 1.29 is 8.42 Å². The lowest BCUT2D eigenvalue weighted by molar-refractivity contribution is 0.357. The molecule has 0 aliphatic heterocycles. The standard InChI is InChI=1S/C14H21ClN2O2S/c1-10-7-12(15)13(16)8-14(10)20(18,19)17-9-11-5-3-2-4-6-11/h7-8,11,17H,2-6,9,16H2,1H3. The van der Waals surface area contributed by atoms with E-state index in [1.54, 1.807) is 13.0 Å². The lowest BCUT2D eigenvalue weighted by atomic mass is 9.90. The van der Waals surface area contributed by atoms with Crippen LogP contribution in [0.5, 0.6) is 0 Å². The number of benzene rings is 1. The van der Waals surface area contributed by atoms with Crippen molar-refractivity contribution in [3.63, 3.8) is 0 Å². The summed E-state index contributed by atoms with van der Waals surface area (Å²) in [4.78, 5) is 0.218. The summed E-state index contributed by atoms with van der Waals surface area (Å²) in [5.41, 5.74) is 6.60. The van der Waals surface area contributed by atoms with Crippen molar-refractivity contribution >= 4 is 27.3 Å². The smallest absolute Gasteiger partial charge is 0.240 e. The fourth-order valence-electron chi connectivity index (χ4n) is 2.65. The van der Waals surface area contributed by atoms with Gasteiger partial charge in [-0.15, -0.1) is 0 Å². The molecule has 3 N–H and O–H groups in total. The Hall–Kier alpha value is -0.780. The molecule has 0 atom stereocenters. The Balaban J connectivity index is 2.11. The molecular formula is C14H21ClN2O2S. The molecule has 1 aliphatic rings. The molecule has 1 aliphatic carbocycles. The van der Waals surface area contributed by atoms with E-state index in [4.69, 9.17) is 17.3 Å². The fraction of sp³-hybridized carbons (Fsp3) is 0.571. The van der Waals surface area contributed by atoms with Gasteiger partial charge in [0.15, 0.2) is 0 Å². The molecule has 0 unspecified atom stereocenters. The van der Waals surface area contributed by atoms with Crippen LogP contribution in [0.1, 0.15) is 37.7 Å². The zero-order valence-corrected chi connectivity index (χ0v) is 13.2. The van der Waals surface area contributed by atoms with E-state index in [1.807, 2.05) is 0 Å². The van der Waals surface area contributed by atoms with Crippen molar-refractivity contribution in [2.45, 2.75) is 43.9 Å². The Labute approximate surface area is 125 Å². The Bertz CT molecular complexity index is 581. The van der Waals surface area contributed by atoms with Crippen molar-refractivity contribution in [1.82, 2.24) is 4.72 Å². The molecule has 1 fully saturated rings. The Morgan fingerprint density at radius 2 is 1.95 bits per heavy atom. The third-order valence-corrected chi connectivity index (χ3v) is 5.76. The van der Waals surface area contributed by atoms with Crippen LogP contribution in [0.3, 0.4) is 0 Å². The molecule has 20 heavy (non-hydrogen) atoms. The molecule has 0 radical (unpaired) electrons. The SMILES string of the molecule is Cc1cc(Cl)c(N)cc1S(=O)(=O)NCC1CCCCC1. The number of sulfonamides is 1. The monoisotopic (exact) mass is 316 g/mol. The topological polar surface area (TPSA) is 72.2 Å².